The van der Waals surface area contributed by atoms with Gasteiger partial charge in [-0.2, -0.15) is 9.41 Å². The van der Waals surface area contributed by atoms with Gasteiger partial charge in [-0.05, 0) is 73.4 Å². The summed E-state index contributed by atoms with van der Waals surface area (Å²) in [5, 5.41) is 4.42. The molecule has 0 radical (unpaired) electrons. The number of nitrogens with one attached hydrogen (secondary N) is 1. The maximum atomic E-state index is 12.9. The molecule has 0 aliphatic carbocycles. The van der Waals surface area contributed by atoms with E-state index in [4.69, 9.17) is 16.3 Å². The zero-order chi connectivity index (χ0) is 21.6. The maximum Gasteiger partial charge on any atom is 0.258 e. The largest absolute Gasteiger partial charge is 0.494 e. The van der Waals surface area contributed by atoms with Gasteiger partial charge in [-0.3, -0.25) is 4.79 Å². The Morgan fingerprint density at radius 1 is 1.23 bits per heavy atom. The quantitative estimate of drug-likeness (QED) is 0.494. The number of hydrazone groups is 1. The van der Waals surface area contributed by atoms with Gasteiger partial charge in [-0.15, -0.1) is 0 Å². The lowest BCUT2D eigenvalue weighted by molar-refractivity contribution is -0.124. The van der Waals surface area contributed by atoms with E-state index in [9.17, 15) is 13.2 Å². The first-order valence-corrected chi connectivity index (χ1v) is 11.6. The van der Waals surface area contributed by atoms with Gasteiger partial charge < -0.3 is 4.74 Å². The van der Waals surface area contributed by atoms with Crippen molar-refractivity contribution in [3.8, 4) is 5.75 Å². The maximum absolute atomic E-state index is 12.9. The Hall–Kier alpha value is -2.42. The molecule has 1 saturated heterocycles. The third-order valence-corrected chi connectivity index (χ3v) is 6.84. The van der Waals surface area contributed by atoms with Crippen LogP contribution in [0.5, 0.6) is 5.75 Å². The molecule has 30 heavy (non-hydrogen) atoms. The second-order valence-electron chi connectivity index (χ2n) is 6.88. The van der Waals surface area contributed by atoms with Crippen molar-refractivity contribution in [3.63, 3.8) is 0 Å². The monoisotopic (exact) mass is 449 g/mol. The number of benzene rings is 2. The molecule has 1 atom stereocenters. The number of sulfonamides is 1. The van der Waals surface area contributed by atoms with Crippen LogP contribution in [0, 0.1) is 0 Å². The molecule has 9 heteroatoms. The van der Waals surface area contributed by atoms with Crippen molar-refractivity contribution in [3.05, 3.63) is 59.1 Å². The molecule has 0 bridgehead atoms. The third kappa shape index (κ3) is 5.38. The summed E-state index contributed by atoms with van der Waals surface area (Å²) in [7, 11) is -3.79. The highest BCUT2D eigenvalue weighted by Gasteiger charge is 2.39. The Morgan fingerprint density at radius 2 is 1.93 bits per heavy atom. The number of nitrogens with zero attached hydrogens (tertiary/aromatic N) is 2. The van der Waals surface area contributed by atoms with E-state index in [1.165, 1.54) is 34.8 Å². The molecular weight excluding hydrogens is 426 g/mol. The highest BCUT2D eigenvalue weighted by Crippen LogP contribution is 2.27. The first-order chi connectivity index (χ1) is 14.4. The molecule has 2 aromatic carbocycles. The fraction of sp³-hybridized carbons (Fsp3) is 0.333. The zero-order valence-corrected chi connectivity index (χ0v) is 18.2. The number of hydrogen-bond donors (Lipinski definition) is 1. The molecule has 0 spiro atoms. The fourth-order valence-electron chi connectivity index (χ4n) is 3.15. The van der Waals surface area contributed by atoms with Crippen LogP contribution in [0.1, 0.15) is 31.7 Å². The molecule has 3 rings (SSSR count). The van der Waals surface area contributed by atoms with Crippen molar-refractivity contribution in [2.75, 3.05) is 13.2 Å². The van der Waals surface area contributed by atoms with Gasteiger partial charge in [0.05, 0.1) is 17.7 Å². The van der Waals surface area contributed by atoms with Gasteiger partial charge in [0.25, 0.3) is 5.91 Å². The summed E-state index contributed by atoms with van der Waals surface area (Å²) in [6.07, 6.45) is 3.49. The number of ether oxygens (including phenoxy) is 1. The van der Waals surface area contributed by atoms with E-state index in [-0.39, 0.29) is 11.4 Å². The number of halogens is 1. The van der Waals surface area contributed by atoms with Crippen LogP contribution in [0.25, 0.3) is 0 Å². The smallest absolute Gasteiger partial charge is 0.258 e. The highest BCUT2D eigenvalue weighted by atomic mass is 35.5. The standard InChI is InChI=1S/C21H24ClN3O4S/c1-2-14-29-18-9-5-16(6-10-18)15-23-24-21(26)20-4-3-13-25(20)30(27,28)19-11-7-17(22)8-12-19/h5-12,15,20H,2-4,13-14H2,1H3,(H,24,26)/t20-/m1/s1. The normalized spacial score (nSPS) is 17.3. The zero-order valence-electron chi connectivity index (χ0n) is 16.6. The van der Waals surface area contributed by atoms with Crippen LogP contribution in [0.15, 0.2) is 58.5 Å². The Morgan fingerprint density at radius 3 is 2.60 bits per heavy atom. The number of rotatable bonds is 8. The van der Waals surface area contributed by atoms with Gasteiger partial charge >= 0.3 is 0 Å². The van der Waals surface area contributed by atoms with Crippen molar-refractivity contribution in [2.24, 2.45) is 5.10 Å². The molecule has 2 aromatic rings. The molecule has 0 aromatic heterocycles. The average molecular weight is 450 g/mol. The van der Waals surface area contributed by atoms with E-state index in [0.717, 1.165) is 17.7 Å². The van der Waals surface area contributed by atoms with Gasteiger partial charge in [-0.25, -0.2) is 13.8 Å². The Kier molecular flexibility index (Phi) is 7.47. The first-order valence-electron chi connectivity index (χ1n) is 9.75. The van der Waals surface area contributed by atoms with E-state index >= 15 is 0 Å². The molecule has 1 N–H and O–H groups in total. The minimum absolute atomic E-state index is 0.112. The summed E-state index contributed by atoms with van der Waals surface area (Å²) in [4.78, 5) is 12.7. The Labute approximate surface area is 181 Å². The van der Waals surface area contributed by atoms with Crippen LogP contribution in [0.3, 0.4) is 0 Å². The number of carbonyl (C=O) groups excluding carboxylic acids is 1. The summed E-state index contributed by atoms with van der Waals surface area (Å²) < 4.78 is 32.6. The summed E-state index contributed by atoms with van der Waals surface area (Å²) in [5.41, 5.74) is 3.24. The van der Waals surface area contributed by atoms with Gasteiger partial charge in [0.1, 0.15) is 11.8 Å². The Bertz CT molecular complexity index is 992. The van der Waals surface area contributed by atoms with Crippen LogP contribution in [-0.4, -0.2) is 44.0 Å². The minimum atomic E-state index is -3.79. The second kappa shape index (κ2) is 10.1. The van der Waals surface area contributed by atoms with Crippen molar-refractivity contribution < 1.29 is 17.9 Å². The first kappa shape index (κ1) is 22.3. The SMILES string of the molecule is CCCOc1ccc(C=NNC(=O)[C@H]2CCCN2S(=O)(=O)c2ccc(Cl)cc2)cc1. The third-order valence-electron chi connectivity index (χ3n) is 4.67. The van der Waals surface area contributed by atoms with Gasteiger partial charge in [-0.1, -0.05) is 18.5 Å². The fourth-order valence-corrected chi connectivity index (χ4v) is 4.93. The number of carbonyl (C=O) groups is 1. The predicted octanol–water partition coefficient (Wildman–Crippen LogP) is 3.43. The predicted molar refractivity (Wildman–Crippen MR) is 116 cm³/mol. The van der Waals surface area contributed by atoms with E-state index in [0.29, 0.717) is 24.5 Å². The van der Waals surface area contributed by atoms with Crippen LogP contribution < -0.4 is 10.2 Å². The highest BCUT2D eigenvalue weighted by molar-refractivity contribution is 7.89. The lowest BCUT2D eigenvalue weighted by atomic mass is 10.2. The lowest BCUT2D eigenvalue weighted by Crippen LogP contribution is -2.44. The van der Waals surface area contributed by atoms with Crippen LogP contribution >= 0.6 is 11.6 Å². The molecule has 1 amide bonds. The molecule has 1 aliphatic heterocycles. The molecule has 1 heterocycles. The van der Waals surface area contributed by atoms with Crippen molar-refractivity contribution in [2.45, 2.75) is 37.1 Å². The van der Waals surface area contributed by atoms with Crippen LogP contribution in [-0.2, 0) is 14.8 Å². The summed E-state index contributed by atoms with van der Waals surface area (Å²) >= 11 is 5.84. The van der Waals surface area contributed by atoms with E-state index < -0.39 is 22.0 Å². The van der Waals surface area contributed by atoms with Gasteiger partial charge in [0.2, 0.25) is 10.0 Å². The minimum Gasteiger partial charge on any atom is -0.494 e. The molecule has 7 nitrogen and oxygen atoms in total. The lowest BCUT2D eigenvalue weighted by Gasteiger charge is -2.22. The van der Waals surface area contributed by atoms with Crippen molar-refractivity contribution in [1.82, 2.24) is 9.73 Å². The topological polar surface area (TPSA) is 88.1 Å². The molecule has 1 fully saturated rings. The number of amides is 1. The van der Waals surface area contributed by atoms with E-state index in [1.807, 2.05) is 31.2 Å². The molecule has 160 valence electrons. The van der Waals surface area contributed by atoms with E-state index in [2.05, 4.69) is 10.5 Å². The molecule has 0 unspecified atom stereocenters. The number of hydrogen-bond acceptors (Lipinski definition) is 5. The second-order valence-corrected chi connectivity index (χ2v) is 9.21. The van der Waals surface area contributed by atoms with Crippen LogP contribution in [0.2, 0.25) is 5.02 Å². The molecule has 1 aliphatic rings. The van der Waals surface area contributed by atoms with Gasteiger partial charge in [0.15, 0.2) is 0 Å². The van der Waals surface area contributed by atoms with Crippen molar-refractivity contribution in [1.29, 1.82) is 0 Å². The van der Waals surface area contributed by atoms with Crippen LogP contribution in [0.4, 0.5) is 0 Å². The van der Waals surface area contributed by atoms with E-state index in [1.54, 1.807) is 0 Å². The molecule has 0 saturated carbocycles. The summed E-state index contributed by atoms with van der Waals surface area (Å²) in [5.74, 6) is 0.316. The average Bonchev–Trinajstić information content (AvgIpc) is 3.24. The summed E-state index contributed by atoms with van der Waals surface area (Å²) in [6.45, 7) is 2.97. The van der Waals surface area contributed by atoms with Crippen molar-refractivity contribution >= 4 is 33.7 Å². The van der Waals surface area contributed by atoms with Gasteiger partial charge in [0, 0.05) is 11.6 Å². The summed E-state index contributed by atoms with van der Waals surface area (Å²) in [6, 6.07) is 12.4. The molecular formula is C21H24ClN3O4S. The Balaban J connectivity index is 1.63.